The summed E-state index contributed by atoms with van der Waals surface area (Å²) in [5.74, 6) is -0.0588. The van der Waals surface area contributed by atoms with Crippen LogP contribution >= 0.6 is 11.6 Å². The van der Waals surface area contributed by atoms with Gasteiger partial charge in [-0.05, 0) is 42.7 Å². The maximum absolute atomic E-state index is 12.3. The number of benzene rings is 1. The molecule has 1 N–H and O–H groups in total. The number of hydrogen-bond donors (Lipinski definition) is 1. The van der Waals surface area contributed by atoms with Gasteiger partial charge >= 0.3 is 5.76 Å². The van der Waals surface area contributed by atoms with E-state index >= 15 is 0 Å². The first kappa shape index (κ1) is 18.3. The number of oxazole rings is 1. The fourth-order valence-corrected chi connectivity index (χ4v) is 4.91. The van der Waals surface area contributed by atoms with Crippen LogP contribution in [0.5, 0.6) is 0 Å². The van der Waals surface area contributed by atoms with Gasteiger partial charge in [0.15, 0.2) is 5.58 Å². The van der Waals surface area contributed by atoms with Gasteiger partial charge in [0.2, 0.25) is 5.91 Å². The minimum atomic E-state index is -0.492. The second-order valence-electron chi connectivity index (χ2n) is 8.47. The highest BCUT2D eigenvalue weighted by atomic mass is 35.5. The second-order valence-corrected chi connectivity index (χ2v) is 8.91. The predicted octanol–water partition coefficient (Wildman–Crippen LogP) is 3.96. The maximum Gasteiger partial charge on any atom is 0.419 e. The molecule has 4 rings (SSSR count). The summed E-state index contributed by atoms with van der Waals surface area (Å²) in [6.45, 7) is 7.10. The Hall–Kier alpha value is -2.08. The van der Waals surface area contributed by atoms with Crippen molar-refractivity contribution in [2.45, 2.75) is 53.0 Å². The van der Waals surface area contributed by atoms with E-state index in [4.69, 9.17) is 16.0 Å². The first-order valence-electron chi connectivity index (χ1n) is 9.37. The number of fused-ring (bicyclic) bond motifs is 3. The summed E-state index contributed by atoms with van der Waals surface area (Å²) in [4.78, 5) is 24.3. The van der Waals surface area contributed by atoms with Gasteiger partial charge in [-0.3, -0.25) is 9.36 Å². The highest BCUT2D eigenvalue weighted by Crippen LogP contribution is 2.63. The van der Waals surface area contributed by atoms with Crippen molar-refractivity contribution < 1.29 is 9.21 Å². The first-order valence-corrected chi connectivity index (χ1v) is 9.75. The molecule has 0 saturated heterocycles. The molecule has 2 saturated carbocycles. The van der Waals surface area contributed by atoms with E-state index in [-0.39, 0.29) is 29.7 Å². The van der Waals surface area contributed by atoms with Gasteiger partial charge in [-0.25, -0.2) is 10.2 Å². The van der Waals surface area contributed by atoms with Crippen LogP contribution < -0.4 is 11.2 Å². The van der Waals surface area contributed by atoms with Gasteiger partial charge in [0.05, 0.1) is 5.52 Å². The summed E-state index contributed by atoms with van der Waals surface area (Å²) in [5.41, 5.74) is 5.12. The minimum absolute atomic E-state index is 0.0575. The third-order valence-corrected chi connectivity index (χ3v) is 7.26. The molecule has 0 aliphatic heterocycles. The molecule has 7 heteroatoms. The molecule has 144 valence electrons. The van der Waals surface area contributed by atoms with Crippen LogP contribution in [0.3, 0.4) is 0 Å². The molecular weight excluding hydrogens is 366 g/mol. The molecule has 2 bridgehead atoms. The maximum atomic E-state index is 12.3. The molecule has 6 nitrogen and oxygen atoms in total. The smallest absolute Gasteiger partial charge is 0.408 e. The average molecular weight is 390 g/mol. The van der Waals surface area contributed by atoms with Gasteiger partial charge in [-0.15, -0.1) is 0 Å². The van der Waals surface area contributed by atoms with Crippen LogP contribution in [-0.4, -0.2) is 16.2 Å². The van der Waals surface area contributed by atoms with Crippen molar-refractivity contribution in [1.29, 1.82) is 0 Å². The van der Waals surface area contributed by atoms with Crippen LogP contribution in [0.2, 0.25) is 5.02 Å². The van der Waals surface area contributed by atoms with Gasteiger partial charge in [0.1, 0.15) is 0 Å². The van der Waals surface area contributed by atoms with Crippen molar-refractivity contribution in [3.63, 3.8) is 0 Å². The Morgan fingerprint density at radius 3 is 2.85 bits per heavy atom. The Kier molecular flexibility index (Phi) is 4.22. The lowest BCUT2D eigenvalue weighted by Crippen LogP contribution is -2.34. The Labute approximate surface area is 162 Å². The van der Waals surface area contributed by atoms with Crippen LogP contribution in [0.1, 0.15) is 46.5 Å². The highest BCUT2D eigenvalue weighted by molar-refractivity contribution is 6.31. The van der Waals surface area contributed by atoms with Crippen LogP contribution in [0.4, 0.5) is 0 Å². The van der Waals surface area contributed by atoms with Crippen LogP contribution in [0.15, 0.2) is 32.5 Å². The Bertz CT molecular complexity index is 1000. The van der Waals surface area contributed by atoms with E-state index in [0.717, 1.165) is 18.6 Å². The molecule has 27 heavy (non-hydrogen) atoms. The summed E-state index contributed by atoms with van der Waals surface area (Å²) >= 11 is 5.92. The Morgan fingerprint density at radius 2 is 2.19 bits per heavy atom. The van der Waals surface area contributed by atoms with E-state index in [1.807, 2.05) is 0 Å². The number of carbonyl (C=O) groups excluding carboxylic acids is 1. The normalized spacial score (nSPS) is 27.6. The number of aryl methyl sites for hydroxylation is 1. The van der Waals surface area contributed by atoms with Crippen molar-refractivity contribution in [3.05, 3.63) is 33.8 Å². The van der Waals surface area contributed by atoms with Crippen molar-refractivity contribution in [1.82, 2.24) is 9.99 Å². The monoisotopic (exact) mass is 389 g/mol. The van der Waals surface area contributed by atoms with Crippen molar-refractivity contribution >= 4 is 34.3 Å². The largest absolute Gasteiger partial charge is 0.419 e. The van der Waals surface area contributed by atoms with E-state index in [2.05, 4.69) is 31.3 Å². The number of rotatable bonds is 4. The van der Waals surface area contributed by atoms with Gasteiger partial charge in [-0.2, -0.15) is 5.10 Å². The fraction of sp³-hybridized carbons (Fsp3) is 0.550. The van der Waals surface area contributed by atoms with Crippen LogP contribution in [-0.2, 0) is 11.3 Å². The molecule has 2 aliphatic carbocycles. The Balaban J connectivity index is 1.43. The van der Waals surface area contributed by atoms with Gasteiger partial charge in [0, 0.05) is 35.2 Å². The quantitative estimate of drug-likeness (QED) is 0.804. The van der Waals surface area contributed by atoms with E-state index in [1.54, 1.807) is 18.2 Å². The van der Waals surface area contributed by atoms with E-state index in [9.17, 15) is 9.59 Å². The van der Waals surface area contributed by atoms with Crippen molar-refractivity contribution in [3.8, 4) is 0 Å². The number of nitrogens with one attached hydrogen (secondary N) is 1. The summed E-state index contributed by atoms with van der Waals surface area (Å²) in [6, 6.07) is 5.01. The molecule has 2 atom stereocenters. The lowest BCUT2D eigenvalue weighted by atomic mass is 9.70. The number of amides is 1. The SMILES string of the molecule is CC1(C)[C@H]2CC[C@@]1(C)/C(=N/NC(=O)CCn1c(=O)oc3cc(Cl)ccc31)C2. The summed E-state index contributed by atoms with van der Waals surface area (Å²) < 4.78 is 6.63. The number of carbonyl (C=O) groups is 1. The molecule has 2 fully saturated rings. The van der Waals surface area contributed by atoms with Gasteiger partial charge < -0.3 is 4.42 Å². The summed E-state index contributed by atoms with van der Waals surface area (Å²) in [6.07, 6.45) is 3.46. The first-order chi connectivity index (χ1) is 12.7. The van der Waals surface area contributed by atoms with E-state index in [1.165, 1.54) is 11.0 Å². The van der Waals surface area contributed by atoms with Crippen molar-refractivity contribution in [2.75, 3.05) is 0 Å². The molecule has 1 amide bonds. The number of nitrogens with zero attached hydrogens (tertiary/aromatic N) is 2. The molecule has 2 aromatic rings. The number of aromatic nitrogens is 1. The summed E-state index contributed by atoms with van der Waals surface area (Å²) in [7, 11) is 0. The number of halogens is 1. The van der Waals surface area contributed by atoms with Crippen LogP contribution in [0.25, 0.3) is 11.1 Å². The zero-order valence-corrected chi connectivity index (χ0v) is 16.6. The Morgan fingerprint density at radius 1 is 1.41 bits per heavy atom. The zero-order valence-electron chi connectivity index (χ0n) is 15.8. The second kappa shape index (κ2) is 6.23. The predicted molar refractivity (Wildman–Crippen MR) is 105 cm³/mol. The number of hydrazone groups is 1. The third kappa shape index (κ3) is 2.81. The standard InChI is InChI=1S/C20H24ClN3O3/c1-19(2)12-6-8-20(19,3)16(10-12)22-23-17(25)7-9-24-14-5-4-13(21)11-15(14)27-18(24)26/h4-5,11-12H,6-10H2,1-3H3,(H,23,25)/b22-16+/t12-,20-/m0/s1. The molecule has 2 aliphatic rings. The molecule has 1 aromatic carbocycles. The van der Waals surface area contributed by atoms with E-state index < -0.39 is 5.76 Å². The van der Waals surface area contributed by atoms with Crippen LogP contribution in [0, 0.1) is 16.7 Å². The molecule has 0 radical (unpaired) electrons. The lowest BCUT2D eigenvalue weighted by molar-refractivity contribution is -0.121. The number of hydrogen-bond acceptors (Lipinski definition) is 4. The molecule has 1 heterocycles. The fourth-order valence-electron chi connectivity index (χ4n) is 4.75. The molecule has 1 aromatic heterocycles. The molecular formula is C20H24ClN3O3. The zero-order chi connectivity index (χ0) is 19.4. The van der Waals surface area contributed by atoms with Gasteiger partial charge in [-0.1, -0.05) is 32.4 Å². The highest BCUT2D eigenvalue weighted by Gasteiger charge is 2.59. The topological polar surface area (TPSA) is 76.6 Å². The minimum Gasteiger partial charge on any atom is -0.408 e. The molecule has 0 spiro atoms. The van der Waals surface area contributed by atoms with Crippen molar-refractivity contribution in [2.24, 2.45) is 21.8 Å². The summed E-state index contributed by atoms with van der Waals surface area (Å²) in [5, 5.41) is 4.96. The van der Waals surface area contributed by atoms with Gasteiger partial charge in [0.25, 0.3) is 0 Å². The molecule has 0 unspecified atom stereocenters. The lowest BCUT2D eigenvalue weighted by Gasteiger charge is -2.34. The average Bonchev–Trinajstić information content (AvgIpc) is 3.10. The third-order valence-electron chi connectivity index (χ3n) is 7.02. The van der Waals surface area contributed by atoms with E-state index in [0.29, 0.717) is 22.0 Å².